The third kappa shape index (κ3) is 3.68. The highest BCUT2D eigenvalue weighted by molar-refractivity contribution is 7.90. The maximum absolute atomic E-state index is 13.5. The lowest BCUT2D eigenvalue weighted by Crippen LogP contribution is -2.18. The normalized spacial score (nSPS) is 15.5. The molecule has 1 aliphatic heterocycles. The molecule has 0 spiro atoms. The van der Waals surface area contributed by atoms with E-state index >= 15 is 0 Å². The number of aryl methyl sites for hydroxylation is 1. The average molecular weight is 463 g/mol. The summed E-state index contributed by atoms with van der Waals surface area (Å²) in [4.78, 5) is 22.2. The number of halogens is 3. The number of hydrogen-bond acceptors (Lipinski definition) is 6. The Bertz CT molecular complexity index is 1390. The van der Waals surface area contributed by atoms with Crippen molar-refractivity contribution in [3.8, 4) is 11.5 Å². The van der Waals surface area contributed by atoms with Crippen molar-refractivity contribution in [2.45, 2.75) is 18.3 Å². The van der Waals surface area contributed by atoms with Gasteiger partial charge in [-0.3, -0.25) is 4.79 Å². The molecule has 4 rings (SSSR count). The summed E-state index contributed by atoms with van der Waals surface area (Å²) in [5.74, 6) is 0.0477. The Morgan fingerprint density at radius 3 is 2.31 bits per heavy atom. The molecule has 1 amide bonds. The number of aromatic nitrogens is 2. The number of amides is 1. The molecule has 0 unspecified atom stereocenters. The summed E-state index contributed by atoms with van der Waals surface area (Å²) in [6.45, 7) is 1.66. The number of alkyl halides is 3. The van der Waals surface area contributed by atoms with E-state index in [-0.39, 0.29) is 34.0 Å². The Hall–Kier alpha value is -3.47. The first-order chi connectivity index (χ1) is 14.9. The second kappa shape index (κ2) is 7.30. The van der Waals surface area contributed by atoms with E-state index in [9.17, 15) is 26.4 Å². The van der Waals surface area contributed by atoms with E-state index in [4.69, 9.17) is 4.42 Å². The van der Waals surface area contributed by atoms with Crippen LogP contribution in [0.4, 0.5) is 13.2 Å². The van der Waals surface area contributed by atoms with Crippen LogP contribution in [0.5, 0.6) is 0 Å². The Balaban J connectivity index is 2.03. The van der Waals surface area contributed by atoms with Crippen molar-refractivity contribution in [2.24, 2.45) is 0 Å². The highest BCUT2D eigenvalue weighted by Gasteiger charge is 2.38. The monoisotopic (exact) mass is 463 g/mol. The van der Waals surface area contributed by atoms with Crippen LogP contribution in [0.2, 0.25) is 0 Å². The predicted molar refractivity (Wildman–Crippen MR) is 109 cm³/mol. The molecule has 0 saturated heterocycles. The molecule has 32 heavy (non-hydrogen) atoms. The van der Waals surface area contributed by atoms with Gasteiger partial charge < -0.3 is 9.32 Å². The van der Waals surface area contributed by atoms with Crippen LogP contribution < -0.4 is 0 Å². The van der Waals surface area contributed by atoms with Gasteiger partial charge in [-0.25, -0.2) is 18.4 Å². The maximum Gasteiger partial charge on any atom is 0.416 e. The number of furan rings is 1. The van der Waals surface area contributed by atoms with Gasteiger partial charge in [0.15, 0.2) is 5.76 Å². The smallest absolute Gasteiger partial charge is 0.416 e. The van der Waals surface area contributed by atoms with E-state index < -0.39 is 32.6 Å². The summed E-state index contributed by atoms with van der Waals surface area (Å²) in [6.07, 6.45) is -2.57. The molecule has 0 fully saturated rings. The minimum Gasteiger partial charge on any atom is -0.460 e. The number of carbonyl (C=O) groups is 1. The van der Waals surface area contributed by atoms with E-state index in [1.807, 2.05) is 0 Å². The Kier molecular flexibility index (Phi) is 4.96. The second-order valence-corrected chi connectivity index (χ2v) is 9.15. The van der Waals surface area contributed by atoms with E-state index in [0.29, 0.717) is 5.76 Å². The largest absolute Gasteiger partial charge is 0.460 e. The fourth-order valence-electron chi connectivity index (χ4n) is 3.36. The fraction of sp³-hybridized carbons (Fsp3) is 0.190. The van der Waals surface area contributed by atoms with Gasteiger partial charge in [0.05, 0.1) is 16.8 Å². The molecule has 1 aliphatic rings. The van der Waals surface area contributed by atoms with Crippen LogP contribution in [-0.2, 0) is 16.0 Å². The van der Waals surface area contributed by atoms with Gasteiger partial charge >= 0.3 is 6.18 Å². The van der Waals surface area contributed by atoms with Crippen molar-refractivity contribution in [3.63, 3.8) is 0 Å². The van der Waals surface area contributed by atoms with Crippen molar-refractivity contribution in [2.75, 3.05) is 13.3 Å². The molecule has 1 aromatic carbocycles. The minimum absolute atomic E-state index is 0.0125. The summed E-state index contributed by atoms with van der Waals surface area (Å²) >= 11 is 0. The number of fused-ring (bicyclic) bond motifs is 1. The van der Waals surface area contributed by atoms with Crippen molar-refractivity contribution < 1.29 is 30.8 Å². The molecule has 3 aromatic rings. The van der Waals surface area contributed by atoms with Crippen LogP contribution in [-0.4, -0.2) is 42.5 Å². The first-order valence-corrected chi connectivity index (χ1v) is 11.1. The molecule has 166 valence electrons. The molecule has 7 nitrogen and oxygen atoms in total. The standard InChI is InChI=1S/C21H16F3N3O4S/c1-11-8-9-15(31-11)18-16-17(25-20(26-18)32(3,29)30)14(27(2)19(16)28)10-12-6-4-5-7-13(12)21(22,23)24/h4-10H,1-3H3/b14-10-. The number of carbonyl (C=O) groups excluding carboxylic acids is 1. The number of nitrogens with zero attached hydrogens (tertiary/aromatic N) is 3. The summed E-state index contributed by atoms with van der Waals surface area (Å²) in [6, 6.07) is 7.99. The van der Waals surface area contributed by atoms with Crippen LogP contribution >= 0.6 is 0 Å². The first kappa shape index (κ1) is 21.8. The maximum atomic E-state index is 13.5. The molecular weight excluding hydrogens is 447 g/mol. The second-order valence-electron chi connectivity index (χ2n) is 7.24. The van der Waals surface area contributed by atoms with Crippen molar-refractivity contribution in [3.05, 3.63) is 64.5 Å². The zero-order chi connectivity index (χ0) is 23.4. The van der Waals surface area contributed by atoms with Gasteiger partial charge in [0.1, 0.15) is 17.1 Å². The van der Waals surface area contributed by atoms with Crippen LogP contribution in [0, 0.1) is 6.92 Å². The molecule has 0 bridgehead atoms. The lowest BCUT2D eigenvalue weighted by Gasteiger charge is -2.14. The van der Waals surface area contributed by atoms with Gasteiger partial charge in [0.25, 0.3) is 5.91 Å². The van der Waals surface area contributed by atoms with Crippen molar-refractivity contribution >= 4 is 27.5 Å². The number of rotatable bonds is 3. The molecule has 0 N–H and O–H groups in total. The SMILES string of the molecule is Cc1ccc(-c2nc(S(C)(=O)=O)nc3c2C(=O)N(C)/C3=C\c2ccccc2C(F)(F)F)o1. The van der Waals surface area contributed by atoms with Gasteiger partial charge in [-0.05, 0) is 36.8 Å². The summed E-state index contributed by atoms with van der Waals surface area (Å²) in [7, 11) is -2.55. The number of benzene rings is 1. The van der Waals surface area contributed by atoms with Gasteiger partial charge in [-0.15, -0.1) is 0 Å². The molecule has 0 atom stereocenters. The van der Waals surface area contributed by atoms with Gasteiger partial charge in [-0.1, -0.05) is 18.2 Å². The third-order valence-electron chi connectivity index (χ3n) is 4.87. The Morgan fingerprint density at radius 1 is 1.06 bits per heavy atom. The summed E-state index contributed by atoms with van der Waals surface area (Å²) in [5.41, 5.74) is -1.27. The van der Waals surface area contributed by atoms with Gasteiger partial charge in [0.2, 0.25) is 15.0 Å². The highest BCUT2D eigenvalue weighted by atomic mass is 32.2. The molecular formula is C21H16F3N3O4S. The average Bonchev–Trinajstić information content (AvgIpc) is 3.24. The topological polar surface area (TPSA) is 93.4 Å². The minimum atomic E-state index is -4.63. The van der Waals surface area contributed by atoms with E-state index in [0.717, 1.165) is 23.3 Å². The fourth-order valence-corrected chi connectivity index (χ4v) is 3.88. The molecule has 3 heterocycles. The number of hydrogen-bond donors (Lipinski definition) is 0. The van der Waals surface area contributed by atoms with Crippen LogP contribution in [0.25, 0.3) is 23.2 Å². The van der Waals surface area contributed by atoms with E-state index in [1.54, 1.807) is 13.0 Å². The number of sulfone groups is 1. The molecule has 0 aliphatic carbocycles. The van der Waals surface area contributed by atoms with Gasteiger partial charge in [-0.2, -0.15) is 13.2 Å². The third-order valence-corrected chi connectivity index (χ3v) is 5.72. The molecule has 0 saturated carbocycles. The zero-order valence-electron chi connectivity index (χ0n) is 17.1. The predicted octanol–water partition coefficient (Wildman–Crippen LogP) is 4.05. The van der Waals surface area contributed by atoms with E-state index in [2.05, 4.69) is 9.97 Å². The van der Waals surface area contributed by atoms with Crippen LogP contribution in [0.15, 0.2) is 46.0 Å². The molecule has 2 aromatic heterocycles. The lowest BCUT2D eigenvalue weighted by molar-refractivity contribution is -0.137. The first-order valence-electron chi connectivity index (χ1n) is 9.23. The van der Waals surface area contributed by atoms with Crippen molar-refractivity contribution in [1.82, 2.24) is 14.9 Å². The summed E-state index contributed by atoms with van der Waals surface area (Å²) in [5, 5.41) is -0.571. The Labute approximate surface area is 181 Å². The van der Waals surface area contributed by atoms with Gasteiger partial charge in [0, 0.05) is 13.3 Å². The van der Waals surface area contributed by atoms with Crippen LogP contribution in [0.3, 0.4) is 0 Å². The zero-order valence-corrected chi connectivity index (χ0v) is 17.9. The highest BCUT2D eigenvalue weighted by Crippen LogP contribution is 2.40. The lowest BCUT2D eigenvalue weighted by atomic mass is 10.0. The quantitative estimate of drug-likeness (QED) is 0.544. The van der Waals surface area contributed by atoms with E-state index in [1.165, 1.54) is 31.3 Å². The molecule has 0 radical (unpaired) electrons. The van der Waals surface area contributed by atoms with Crippen molar-refractivity contribution in [1.29, 1.82) is 0 Å². The van der Waals surface area contributed by atoms with Crippen LogP contribution in [0.1, 0.15) is 32.9 Å². The molecule has 11 heteroatoms. The Morgan fingerprint density at radius 2 is 1.72 bits per heavy atom. The summed E-state index contributed by atoms with van der Waals surface area (Å²) < 4.78 is 70.4.